The summed E-state index contributed by atoms with van der Waals surface area (Å²) in [5.41, 5.74) is 17.2. The number of carbonyl (C=O) groups excluding carboxylic acids is 5. The van der Waals surface area contributed by atoms with Crippen LogP contribution in [-0.2, 0) is 68.0 Å². The second-order valence-electron chi connectivity index (χ2n) is 24.7. The predicted molar refractivity (Wildman–Crippen MR) is 330 cm³/mol. The zero-order valence-corrected chi connectivity index (χ0v) is 51.2. The van der Waals surface area contributed by atoms with Crippen LogP contribution < -0.4 is 16.8 Å². The number of halogens is 2. The summed E-state index contributed by atoms with van der Waals surface area (Å²) in [5, 5.41) is 21.6. The van der Waals surface area contributed by atoms with Gasteiger partial charge in [-0.3, -0.25) is 19.2 Å². The fourth-order valence-electron chi connectivity index (χ4n) is 9.87. The van der Waals surface area contributed by atoms with E-state index in [-0.39, 0.29) is 54.7 Å². The van der Waals surface area contributed by atoms with E-state index in [0.717, 1.165) is 22.3 Å². The van der Waals surface area contributed by atoms with E-state index in [2.05, 4.69) is 25.3 Å². The van der Waals surface area contributed by atoms with Crippen molar-refractivity contribution in [3.63, 3.8) is 0 Å². The molecule has 0 atom stereocenters. The van der Waals surface area contributed by atoms with Gasteiger partial charge in [0.1, 0.15) is 46.4 Å². The lowest BCUT2D eigenvalue weighted by molar-refractivity contribution is -0.166. The van der Waals surface area contributed by atoms with Gasteiger partial charge in [0.2, 0.25) is 11.9 Å². The van der Waals surface area contributed by atoms with Crippen LogP contribution >= 0.6 is 0 Å². The largest absolute Gasteiger partial charge is 0.480 e. The molecule has 0 unspecified atom stereocenters. The normalized spacial score (nSPS) is 12.9. The SMILES string of the molecule is CC(C)(C)OC(=O)CC(C)(C)C(=O)OCc1ccc(F)cc1-c1ccc2nc(N)nc(C(=O)N3Cc4ccccc4C3)c2c1.CC(C)(C)OC(=O)NC(C)(C)C(=O)O.Nc1nc(C(=O)N2Cc3ccccc3C2)c2cc(-c3cc(F)ccc3CO)ccc2n1. The topological polar surface area (TPSA) is 293 Å². The average molecular weight is 1220 g/mol. The summed E-state index contributed by atoms with van der Waals surface area (Å²) in [4.78, 5) is 94.8. The van der Waals surface area contributed by atoms with Gasteiger partial charge in [0.15, 0.2) is 0 Å². The maximum absolute atomic E-state index is 14.5. The van der Waals surface area contributed by atoms with Crippen molar-refractivity contribution in [2.24, 2.45) is 5.41 Å². The number of carboxylic acid groups (broad SMARTS) is 1. The van der Waals surface area contributed by atoms with Crippen molar-refractivity contribution >= 4 is 69.5 Å². The molecule has 22 heteroatoms. The molecular weight excluding hydrogens is 1140 g/mol. The third kappa shape index (κ3) is 16.2. The smallest absolute Gasteiger partial charge is 0.408 e. The summed E-state index contributed by atoms with van der Waals surface area (Å²) in [7, 11) is 0. The van der Waals surface area contributed by atoms with E-state index in [4.69, 9.17) is 30.8 Å². The quantitative estimate of drug-likeness (QED) is 0.0561. The summed E-state index contributed by atoms with van der Waals surface area (Å²) in [6.07, 6.45) is -0.892. The van der Waals surface area contributed by atoms with Gasteiger partial charge in [0.25, 0.3) is 11.8 Å². The molecule has 3 amide bonds. The number of rotatable bonds is 12. The van der Waals surface area contributed by atoms with Crippen LogP contribution in [0.25, 0.3) is 44.1 Å². The molecule has 2 aromatic heterocycles. The minimum atomic E-state index is -1.32. The number of amides is 3. The Balaban J connectivity index is 0.000000197. The molecule has 2 aliphatic heterocycles. The molecule has 0 spiro atoms. The highest BCUT2D eigenvalue weighted by Crippen LogP contribution is 2.35. The average Bonchev–Trinajstić information content (AvgIpc) is 1.69. The molecule has 464 valence electrons. The number of anilines is 2. The molecule has 89 heavy (non-hydrogen) atoms. The van der Waals surface area contributed by atoms with Crippen molar-refractivity contribution in [1.82, 2.24) is 35.1 Å². The number of hydrogen-bond donors (Lipinski definition) is 5. The molecule has 0 saturated heterocycles. The number of nitrogens with zero attached hydrogens (tertiary/aromatic N) is 6. The van der Waals surface area contributed by atoms with Crippen molar-refractivity contribution in [1.29, 1.82) is 0 Å². The fraction of sp³-hybridized carbons (Fsp3) is 0.313. The number of aliphatic hydroxyl groups is 1. The Morgan fingerprint density at radius 3 is 1.38 bits per heavy atom. The number of aromatic nitrogens is 4. The van der Waals surface area contributed by atoms with Crippen molar-refractivity contribution in [2.75, 3.05) is 11.5 Å². The monoisotopic (exact) mass is 1220 g/mol. The Morgan fingerprint density at radius 1 is 0.562 bits per heavy atom. The second-order valence-corrected chi connectivity index (χ2v) is 24.7. The summed E-state index contributed by atoms with van der Waals surface area (Å²) in [5.74, 6) is -3.66. The van der Waals surface area contributed by atoms with Gasteiger partial charge in [0.05, 0.1) is 29.5 Å². The van der Waals surface area contributed by atoms with Gasteiger partial charge >= 0.3 is 24.0 Å². The molecule has 0 aliphatic carbocycles. The first-order chi connectivity index (χ1) is 41.8. The van der Waals surface area contributed by atoms with E-state index >= 15 is 0 Å². The third-order valence-corrected chi connectivity index (χ3v) is 14.3. The number of nitrogens with one attached hydrogen (secondary N) is 1. The van der Waals surface area contributed by atoms with Gasteiger partial charge in [-0.15, -0.1) is 0 Å². The molecule has 8 aromatic rings. The Morgan fingerprint density at radius 2 is 0.978 bits per heavy atom. The number of nitrogens with two attached hydrogens (primary N) is 2. The number of nitrogen functional groups attached to an aromatic ring is 2. The van der Waals surface area contributed by atoms with Gasteiger partial charge in [0, 0.05) is 37.0 Å². The number of ether oxygens (including phenoxy) is 3. The van der Waals surface area contributed by atoms with Crippen LogP contribution in [0.2, 0.25) is 0 Å². The van der Waals surface area contributed by atoms with Crippen LogP contribution in [0.1, 0.15) is 130 Å². The van der Waals surface area contributed by atoms with E-state index < -0.39 is 57.8 Å². The fourth-order valence-corrected chi connectivity index (χ4v) is 9.87. The molecule has 20 nitrogen and oxygen atoms in total. The van der Waals surface area contributed by atoms with Gasteiger partial charge in [-0.05, 0) is 173 Å². The summed E-state index contributed by atoms with van der Waals surface area (Å²) < 4.78 is 44.3. The predicted octanol–water partition coefficient (Wildman–Crippen LogP) is 11.0. The van der Waals surface area contributed by atoms with Crippen molar-refractivity contribution in [3.8, 4) is 22.3 Å². The van der Waals surface area contributed by atoms with E-state index in [1.54, 1.807) is 108 Å². The molecule has 10 rings (SSSR count). The maximum atomic E-state index is 14.5. The summed E-state index contributed by atoms with van der Waals surface area (Å²) >= 11 is 0. The third-order valence-electron chi connectivity index (χ3n) is 14.3. The number of carboxylic acids is 1. The number of aliphatic hydroxyl groups excluding tert-OH is 1. The first-order valence-electron chi connectivity index (χ1n) is 28.5. The van der Waals surface area contributed by atoms with Crippen molar-refractivity contribution in [3.05, 3.63) is 178 Å². The minimum Gasteiger partial charge on any atom is -0.480 e. The lowest BCUT2D eigenvalue weighted by Gasteiger charge is -2.25. The number of benzene rings is 6. The highest BCUT2D eigenvalue weighted by molar-refractivity contribution is 6.07. The molecule has 0 fully saturated rings. The van der Waals surface area contributed by atoms with Crippen molar-refractivity contribution in [2.45, 2.75) is 132 Å². The standard InChI is InChI=1S/C34H35FN4O5.C24H19FN4O2.C9H17NO4/c1-33(2,3)44-28(40)16-34(4,5)31(42)43-19-23-10-12-24(35)15-25(23)20-11-13-27-26(14-20)29(38-32(36)37-27)30(41)39-17-21-8-6-7-9-22(21)18-39;25-18-7-5-17(13-30)19(10-18)14-6-8-21-20(9-14)22(28-24(26)27-21)23(31)29-11-15-3-1-2-4-16(15)12-29;1-8(2,3)14-7(13)10-9(4,5)6(11)12/h6-15H,16-19H2,1-5H3,(H2,36,37,38);1-10,30H,11-13H2,(H2,26,27,28);1-5H3,(H,10,13)(H,11,12). The zero-order chi connectivity index (χ0) is 64.9. The lowest BCUT2D eigenvalue weighted by Crippen LogP contribution is -2.51. The van der Waals surface area contributed by atoms with E-state index in [9.17, 15) is 42.7 Å². The number of carbonyl (C=O) groups is 6. The Hall–Kier alpha value is -9.96. The Labute approximate surface area is 513 Å². The number of esters is 2. The van der Waals surface area contributed by atoms with Gasteiger partial charge < -0.3 is 51.0 Å². The summed E-state index contributed by atoms with van der Waals surface area (Å²) in [6, 6.07) is 34.5. The minimum absolute atomic E-state index is 0.0158. The highest BCUT2D eigenvalue weighted by Gasteiger charge is 2.36. The Bertz CT molecular complexity index is 4020. The Kier molecular flexibility index (Phi) is 19.1. The van der Waals surface area contributed by atoms with E-state index in [1.165, 1.54) is 44.2 Å². The molecule has 7 N–H and O–H groups in total. The second kappa shape index (κ2) is 26.2. The first kappa shape index (κ1) is 65.0. The molecule has 0 bridgehead atoms. The molecule has 6 aromatic carbocycles. The van der Waals surface area contributed by atoms with Crippen LogP contribution in [0.3, 0.4) is 0 Å². The molecule has 0 radical (unpaired) electrons. The number of aliphatic carboxylic acids is 1. The maximum Gasteiger partial charge on any atom is 0.408 e. The summed E-state index contributed by atoms with van der Waals surface area (Å²) in [6.45, 7) is 17.9. The van der Waals surface area contributed by atoms with Crippen molar-refractivity contribution < 1.29 is 62.0 Å². The van der Waals surface area contributed by atoms with Crippen LogP contribution in [0.15, 0.2) is 121 Å². The van der Waals surface area contributed by atoms with Crippen LogP contribution in [0, 0.1) is 17.0 Å². The number of fused-ring (bicyclic) bond motifs is 4. The van der Waals surface area contributed by atoms with Gasteiger partial charge in [-0.25, -0.2) is 38.3 Å². The van der Waals surface area contributed by atoms with E-state index in [1.807, 2.05) is 48.5 Å². The molecule has 0 saturated carbocycles. The highest BCUT2D eigenvalue weighted by atomic mass is 19.1. The van der Waals surface area contributed by atoms with E-state index in [0.29, 0.717) is 81.4 Å². The number of hydrogen-bond acceptors (Lipinski definition) is 16. The lowest BCUT2D eigenvalue weighted by atomic mass is 9.89. The molecule has 2 aliphatic rings. The first-order valence-corrected chi connectivity index (χ1v) is 28.5. The van der Waals surface area contributed by atoms with Gasteiger partial charge in [-0.1, -0.05) is 72.8 Å². The number of alkyl carbamates (subject to hydrolysis) is 1. The van der Waals surface area contributed by atoms with Gasteiger partial charge in [-0.2, -0.15) is 0 Å². The van der Waals surface area contributed by atoms with Crippen LogP contribution in [0.5, 0.6) is 0 Å². The zero-order valence-electron chi connectivity index (χ0n) is 51.2. The molecular formula is C67H71F2N9O11. The van der Waals surface area contributed by atoms with Crippen LogP contribution in [-0.4, -0.2) is 92.5 Å². The molecule has 4 heterocycles. The van der Waals surface area contributed by atoms with Crippen LogP contribution in [0.4, 0.5) is 25.5 Å².